The average molecular weight is 206 g/mol. The molecule has 1 heteroatoms. The fourth-order valence-electron chi connectivity index (χ4n) is 0.750. The predicted octanol–water partition coefficient (Wildman–Crippen LogP) is 6.36. The quantitative estimate of drug-likeness (QED) is 0.471. The lowest BCUT2D eigenvalue weighted by atomic mass is 9.63. The molecular formula is C13H39B. The topological polar surface area (TPSA) is 0 Å². The third-order valence-electron chi connectivity index (χ3n) is 2.11. The monoisotopic (exact) mass is 206 g/mol. The van der Waals surface area contributed by atoms with Gasteiger partial charge in [0, 0.05) is 0 Å². The van der Waals surface area contributed by atoms with Crippen molar-refractivity contribution in [1.82, 2.24) is 0 Å². The van der Waals surface area contributed by atoms with Crippen LogP contribution in [-0.2, 0) is 0 Å². The molecule has 0 aromatic rings. The van der Waals surface area contributed by atoms with E-state index in [1.165, 1.54) is 0 Å². The SMILES string of the molecule is C.C.C.C.C.C.[B]C(CC)(CC)CC. The lowest BCUT2D eigenvalue weighted by Crippen LogP contribution is -2.07. The van der Waals surface area contributed by atoms with E-state index in [1.807, 2.05) is 0 Å². The van der Waals surface area contributed by atoms with Gasteiger partial charge in [-0.15, -0.1) is 0 Å². The number of rotatable bonds is 3. The average Bonchev–Trinajstić information content (AvgIpc) is 1.87. The second-order valence-electron chi connectivity index (χ2n) is 2.42. The van der Waals surface area contributed by atoms with Gasteiger partial charge in [0.15, 0.2) is 0 Å². The molecule has 0 aliphatic carbocycles. The molecule has 0 spiro atoms. The number of hydrogen-bond donors (Lipinski definition) is 0. The first kappa shape index (κ1) is 48.1. The van der Waals surface area contributed by atoms with Gasteiger partial charge < -0.3 is 0 Å². The minimum absolute atomic E-state index is 0. The molecule has 0 heterocycles. The summed E-state index contributed by atoms with van der Waals surface area (Å²) in [5, 5.41) is 0.125. The maximum absolute atomic E-state index is 5.90. The first-order valence-electron chi connectivity index (χ1n) is 3.47. The molecule has 0 N–H and O–H groups in total. The Morgan fingerprint density at radius 3 is 0.786 bits per heavy atom. The van der Waals surface area contributed by atoms with Gasteiger partial charge in [0.1, 0.15) is 0 Å². The zero-order valence-corrected chi connectivity index (χ0v) is 6.20. The molecule has 0 unspecified atom stereocenters. The summed E-state index contributed by atoms with van der Waals surface area (Å²) in [5.41, 5.74) is 0. The third kappa shape index (κ3) is 18.0. The van der Waals surface area contributed by atoms with Crippen LogP contribution in [-0.4, -0.2) is 7.85 Å². The molecule has 0 bridgehead atoms. The zero-order chi connectivity index (χ0) is 6.62. The summed E-state index contributed by atoms with van der Waals surface area (Å²) in [7, 11) is 5.90. The summed E-state index contributed by atoms with van der Waals surface area (Å²) in [5.74, 6) is 0. The Hall–Kier alpha value is 0.0649. The maximum Gasteiger partial charge on any atom is 0.0745 e. The van der Waals surface area contributed by atoms with Gasteiger partial charge in [-0.2, -0.15) is 0 Å². The van der Waals surface area contributed by atoms with Crippen molar-refractivity contribution in [3.63, 3.8) is 0 Å². The fraction of sp³-hybridized carbons (Fsp3) is 1.00. The van der Waals surface area contributed by atoms with Gasteiger partial charge in [-0.25, -0.2) is 0 Å². The molecule has 0 aromatic carbocycles. The van der Waals surface area contributed by atoms with Gasteiger partial charge >= 0.3 is 0 Å². The van der Waals surface area contributed by atoms with Crippen molar-refractivity contribution >= 4 is 7.85 Å². The largest absolute Gasteiger partial charge is 0.0776 e. The van der Waals surface area contributed by atoms with Crippen LogP contribution in [0, 0.1) is 0 Å². The molecule has 0 rings (SSSR count). The van der Waals surface area contributed by atoms with Crippen molar-refractivity contribution in [2.45, 2.75) is 89.9 Å². The Kier molecular flexibility index (Phi) is 79.5. The van der Waals surface area contributed by atoms with Gasteiger partial charge in [-0.05, 0) is 0 Å². The van der Waals surface area contributed by atoms with Crippen molar-refractivity contribution in [3.8, 4) is 0 Å². The molecule has 0 aromatic heterocycles. The predicted molar refractivity (Wildman–Crippen MR) is 79.7 cm³/mol. The standard InChI is InChI=1S/C7H15B.6CH4/c1-4-7(8,5-2)6-3;;;;;;/h4-6H2,1-3H3;6*1H4. The van der Waals surface area contributed by atoms with Crippen LogP contribution in [0.3, 0.4) is 0 Å². The van der Waals surface area contributed by atoms with Crippen LogP contribution < -0.4 is 0 Å². The van der Waals surface area contributed by atoms with E-state index < -0.39 is 0 Å². The Bertz CT molecular complexity index is 48.0. The molecule has 0 nitrogen and oxygen atoms in total. The lowest BCUT2D eigenvalue weighted by molar-refractivity contribution is 0.504. The van der Waals surface area contributed by atoms with E-state index in [-0.39, 0.29) is 49.9 Å². The van der Waals surface area contributed by atoms with Crippen molar-refractivity contribution in [1.29, 1.82) is 0 Å². The minimum Gasteiger partial charge on any atom is -0.0776 e. The second-order valence-corrected chi connectivity index (χ2v) is 2.42. The highest BCUT2D eigenvalue weighted by molar-refractivity contribution is 6.15. The van der Waals surface area contributed by atoms with E-state index in [2.05, 4.69) is 20.8 Å². The molecule has 94 valence electrons. The molecule has 0 aliphatic rings. The normalized spacial score (nSPS) is 6.79. The van der Waals surface area contributed by atoms with Gasteiger partial charge in [-0.1, -0.05) is 89.9 Å². The third-order valence-corrected chi connectivity index (χ3v) is 2.11. The first-order valence-corrected chi connectivity index (χ1v) is 3.47. The van der Waals surface area contributed by atoms with Crippen molar-refractivity contribution in [3.05, 3.63) is 0 Å². The van der Waals surface area contributed by atoms with E-state index in [0.29, 0.717) is 0 Å². The van der Waals surface area contributed by atoms with Crippen LogP contribution in [0.4, 0.5) is 0 Å². The Balaban J connectivity index is -0.0000000163. The van der Waals surface area contributed by atoms with Crippen LogP contribution in [0.2, 0.25) is 5.31 Å². The molecule has 2 radical (unpaired) electrons. The Morgan fingerprint density at radius 1 is 0.643 bits per heavy atom. The summed E-state index contributed by atoms with van der Waals surface area (Å²) in [6, 6.07) is 0. The highest BCUT2D eigenvalue weighted by Gasteiger charge is 2.14. The smallest absolute Gasteiger partial charge is 0.0745 e. The summed E-state index contributed by atoms with van der Waals surface area (Å²) in [4.78, 5) is 0. The molecule has 0 aliphatic heterocycles. The molecule has 0 saturated heterocycles. The summed E-state index contributed by atoms with van der Waals surface area (Å²) < 4.78 is 0. The Morgan fingerprint density at radius 2 is 0.786 bits per heavy atom. The van der Waals surface area contributed by atoms with Gasteiger partial charge in [0.2, 0.25) is 0 Å². The number of hydrogen-bond acceptors (Lipinski definition) is 0. The van der Waals surface area contributed by atoms with Gasteiger partial charge in [-0.3, -0.25) is 0 Å². The minimum atomic E-state index is 0. The van der Waals surface area contributed by atoms with E-state index in [1.54, 1.807) is 0 Å². The molecule has 0 amide bonds. The van der Waals surface area contributed by atoms with Gasteiger partial charge in [0.25, 0.3) is 0 Å². The van der Waals surface area contributed by atoms with Crippen LogP contribution >= 0.6 is 0 Å². The van der Waals surface area contributed by atoms with Crippen LogP contribution in [0.15, 0.2) is 0 Å². The van der Waals surface area contributed by atoms with Crippen molar-refractivity contribution in [2.24, 2.45) is 0 Å². The molecule has 0 saturated carbocycles. The Labute approximate surface area is 98.3 Å². The van der Waals surface area contributed by atoms with Crippen molar-refractivity contribution < 1.29 is 0 Å². The first-order chi connectivity index (χ1) is 3.68. The zero-order valence-electron chi connectivity index (χ0n) is 6.20. The fourth-order valence-corrected chi connectivity index (χ4v) is 0.750. The van der Waals surface area contributed by atoms with E-state index in [9.17, 15) is 0 Å². The molecule has 0 fully saturated rings. The van der Waals surface area contributed by atoms with E-state index >= 15 is 0 Å². The van der Waals surface area contributed by atoms with Crippen LogP contribution in [0.5, 0.6) is 0 Å². The summed E-state index contributed by atoms with van der Waals surface area (Å²) in [6.45, 7) is 6.44. The van der Waals surface area contributed by atoms with Crippen LogP contribution in [0.1, 0.15) is 84.6 Å². The maximum atomic E-state index is 5.90. The lowest BCUT2D eigenvalue weighted by Gasteiger charge is -2.24. The van der Waals surface area contributed by atoms with Crippen molar-refractivity contribution in [2.75, 3.05) is 0 Å². The second kappa shape index (κ2) is 23.1. The molecule has 0 atom stereocenters. The van der Waals surface area contributed by atoms with Gasteiger partial charge in [0.05, 0.1) is 7.85 Å². The van der Waals surface area contributed by atoms with E-state index in [4.69, 9.17) is 7.85 Å². The summed E-state index contributed by atoms with van der Waals surface area (Å²) >= 11 is 0. The molecule has 14 heavy (non-hydrogen) atoms. The van der Waals surface area contributed by atoms with E-state index in [0.717, 1.165) is 19.3 Å². The highest BCUT2D eigenvalue weighted by atomic mass is 14.1. The van der Waals surface area contributed by atoms with Crippen LogP contribution in [0.25, 0.3) is 0 Å². The summed E-state index contributed by atoms with van der Waals surface area (Å²) in [6.07, 6.45) is 3.29. The highest BCUT2D eigenvalue weighted by Crippen LogP contribution is 2.33. The molecular weight excluding hydrogens is 167 g/mol.